The van der Waals surface area contributed by atoms with Crippen LogP contribution in [-0.2, 0) is 27.3 Å². The fourth-order valence-corrected chi connectivity index (χ4v) is 7.05. The molecule has 2 amide bonds. The van der Waals surface area contributed by atoms with Gasteiger partial charge in [0.1, 0.15) is 12.1 Å². The third kappa shape index (κ3) is 3.84. The highest BCUT2D eigenvalue weighted by Gasteiger charge is 2.51. The zero-order chi connectivity index (χ0) is 20.7. The average molecular weight is 413 g/mol. The maximum Gasteiger partial charge on any atom is 0.226 e. The predicted octanol–water partition coefficient (Wildman–Crippen LogP) is 2.94. The van der Waals surface area contributed by atoms with Crippen LogP contribution in [0.25, 0.3) is 0 Å². The summed E-state index contributed by atoms with van der Waals surface area (Å²) in [4.78, 5) is 35.9. The van der Waals surface area contributed by atoms with Crippen molar-refractivity contribution >= 4 is 17.6 Å². The molecule has 7 heteroatoms. The minimum Gasteiger partial charge on any atom is -0.384 e. The molecule has 1 aromatic rings. The van der Waals surface area contributed by atoms with Gasteiger partial charge in [0, 0.05) is 25.6 Å². The molecule has 4 aliphatic carbocycles. The summed E-state index contributed by atoms with van der Waals surface area (Å²) in [6.45, 7) is 1.52. The molecule has 5 aliphatic rings. The van der Waals surface area contributed by atoms with E-state index in [9.17, 15) is 9.59 Å². The van der Waals surface area contributed by atoms with Gasteiger partial charge in [0.25, 0.3) is 0 Å². The van der Waals surface area contributed by atoms with Gasteiger partial charge in [-0.15, -0.1) is 0 Å². The molecule has 4 fully saturated rings. The molecule has 0 saturated heterocycles. The highest BCUT2D eigenvalue weighted by atomic mass is 16.5. The minimum absolute atomic E-state index is 0.0773. The Morgan fingerprint density at radius 3 is 2.53 bits per heavy atom. The summed E-state index contributed by atoms with van der Waals surface area (Å²) in [7, 11) is 1.60. The van der Waals surface area contributed by atoms with Crippen molar-refractivity contribution in [2.45, 2.75) is 64.3 Å². The molecule has 1 aromatic heterocycles. The molecule has 0 aromatic carbocycles. The lowest BCUT2D eigenvalue weighted by molar-refractivity contribution is -0.133. The van der Waals surface area contributed by atoms with Gasteiger partial charge in [-0.1, -0.05) is 0 Å². The van der Waals surface area contributed by atoms with Gasteiger partial charge in [-0.2, -0.15) is 0 Å². The van der Waals surface area contributed by atoms with Crippen LogP contribution in [0.3, 0.4) is 0 Å². The van der Waals surface area contributed by atoms with Gasteiger partial charge in [0.15, 0.2) is 0 Å². The van der Waals surface area contributed by atoms with E-state index in [2.05, 4.69) is 15.3 Å². The second-order valence-electron chi connectivity index (χ2n) is 10.1. The van der Waals surface area contributed by atoms with E-state index in [0.29, 0.717) is 44.8 Å². The van der Waals surface area contributed by atoms with Gasteiger partial charge >= 0.3 is 0 Å². The van der Waals surface area contributed by atoms with E-state index in [1.807, 2.05) is 4.90 Å². The number of rotatable bonds is 6. The number of fused-ring (bicyclic) bond motifs is 1. The van der Waals surface area contributed by atoms with Crippen molar-refractivity contribution < 1.29 is 14.3 Å². The van der Waals surface area contributed by atoms with E-state index in [1.54, 1.807) is 7.11 Å². The number of hydrogen-bond donors (Lipinski definition) is 1. The number of amides is 2. The first-order valence-electron chi connectivity index (χ1n) is 11.4. The highest BCUT2D eigenvalue weighted by Crippen LogP contribution is 2.61. The molecule has 1 aliphatic heterocycles. The largest absolute Gasteiger partial charge is 0.384 e. The molecule has 0 radical (unpaired) electrons. The van der Waals surface area contributed by atoms with Crippen LogP contribution in [0, 0.1) is 23.2 Å². The first kappa shape index (κ1) is 19.9. The zero-order valence-electron chi connectivity index (χ0n) is 17.9. The molecule has 30 heavy (non-hydrogen) atoms. The van der Waals surface area contributed by atoms with Crippen LogP contribution in [0.5, 0.6) is 0 Å². The second kappa shape index (κ2) is 7.91. The van der Waals surface area contributed by atoms with Crippen molar-refractivity contribution in [1.29, 1.82) is 0 Å². The van der Waals surface area contributed by atoms with E-state index in [-0.39, 0.29) is 17.2 Å². The first-order chi connectivity index (χ1) is 14.5. The predicted molar refractivity (Wildman–Crippen MR) is 111 cm³/mol. The molecule has 4 saturated carbocycles. The maximum absolute atomic E-state index is 13.0. The molecule has 2 heterocycles. The van der Waals surface area contributed by atoms with Crippen molar-refractivity contribution in [3.8, 4) is 0 Å². The highest BCUT2D eigenvalue weighted by molar-refractivity contribution is 5.91. The zero-order valence-corrected chi connectivity index (χ0v) is 17.9. The number of anilines is 1. The van der Waals surface area contributed by atoms with E-state index < -0.39 is 0 Å². The Hall–Kier alpha value is -2.02. The van der Waals surface area contributed by atoms with Crippen molar-refractivity contribution in [1.82, 2.24) is 14.9 Å². The summed E-state index contributed by atoms with van der Waals surface area (Å²) in [5.41, 5.74) is 2.04. The third-order valence-corrected chi connectivity index (χ3v) is 7.84. The quantitative estimate of drug-likeness (QED) is 0.777. The molecule has 0 unspecified atom stereocenters. The van der Waals surface area contributed by atoms with Crippen molar-refractivity contribution in [2.75, 3.05) is 25.6 Å². The van der Waals surface area contributed by atoms with Crippen molar-refractivity contribution in [2.24, 2.45) is 23.2 Å². The molecule has 6 rings (SSSR count). The smallest absolute Gasteiger partial charge is 0.226 e. The number of nitrogens with one attached hydrogen (secondary N) is 1. The number of carbonyl (C=O) groups excluding carboxylic acids is 2. The molecule has 4 bridgehead atoms. The van der Waals surface area contributed by atoms with Crippen LogP contribution in [0.15, 0.2) is 6.33 Å². The molecule has 0 spiro atoms. The number of hydrogen-bond acceptors (Lipinski definition) is 5. The average Bonchev–Trinajstić information content (AvgIpc) is 2.70. The van der Waals surface area contributed by atoms with Crippen LogP contribution in [0.2, 0.25) is 0 Å². The number of carbonyl (C=O) groups is 2. The molecular weight excluding hydrogens is 380 g/mol. The fraction of sp³-hybridized carbons (Fsp3) is 0.739. The lowest BCUT2D eigenvalue weighted by Gasteiger charge is -2.56. The standard InChI is InChI=1S/C23H32N4O3/c1-30-5-3-21(29)27-4-2-18-19(13-27)24-14-25-22(18)26-20(28)12-23-9-15-6-16(10-23)8-17(7-15)11-23/h14-17H,2-13H2,1H3,(H,24,25,26,28). The second-order valence-corrected chi connectivity index (χ2v) is 10.1. The molecule has 1 N–H and O–H groups in total. The summed E-state index contributed by atoms with van der Waals surface area (Å²) < 4.78 is 5.01. The van der Waals surface area contributed by atoms with E-state index in [4.69, 9.17) is 4.74 Å². The Morgan fingerprint density at radius 2 is 1.87 bits per heavy atom. The van der Waals surface area contributed by atoms with Crippen LogP contribution < -0.4 is 5.32 Å². The van der Waals surface area contributed by atoms with E-state index >= 15 is 0 Å². The lowest BCUT2D eigenvalue weighted by Crippen LogP contribution is -2.47. The Morgan fingerprint density at radius 1 is 1.17 bits per heavy atom. The van der Waals surface area contributed by atoms with Gasteiger partial charge in [0.05, 0.1) is 25.3 Å². The lowest BCUT2D eigenvalue weighted by atomic mass is 9.49. The third-order valence-electron chi connectivity index (χ3n) is 7.84. The van der Waals surface area contributed by atoms with Gasteiger partial charge in [-0.3, -0.25) is 9.59 Å². The van der Waals surface area contributed by atoms with Crippen molar-refractivity contribution in [3.63, 3.8) is 0 Å². The van der Waals surface area contributed by atoms with Crippen LogP contribution in [0.1, 0.15) is 62.6 Å². The molecule has 162 valence electrons. The summed E-state index contributed by atoms with van der Waals surface area (Å²) >= 11 is 0. The van der Waals surface area contributed by atoms with Gasteiger partial charge < -0.3 is 15.0 Å². The first-order valence-corrected chi connectivity index (χ1v) is 11.4. The molecule has 7 nitrogen and oxygen atoms in total. The van der Waals surface area contributed by atoms with Gasteiger partial charge in [0.2, 0.25) is 11.8 Å². The maximum atomic E-state index is 13.0. The number of nitrogens with zero attached hydrogens (tertiary/aromatic N) is 3. The summed E-state index contributed by atoms with van der Waals surface area (Å²) in [5.74, 6) is 3.34. The minimum atomic E-state index is 0.0773. The normalized spacial score (nSPS) is 31.5. The number of methoxy groups -OCH3 is 1. The number of aromatic nitrogens is 2. The van der Waals surface area contributed by atoms with E-state index in [1.165, 1.54) is 44.9 Å². The molecular formula is C23H32N4O3. The monoisotopic (exact) mass is 412 g/mol. The Labute approximate surface area is 178 Å². The SMILES string of the molecule is COCCC(=O)N1CCc2c(ncnc2NC(=O)CC23CC4CC(CC(C4)C2)C3)C1. The van der Waals surface area contributed by atoms with Crippen molar-refractivity contribution in [3.05, 3.63) is 17.6 Å². The van der Waals surface area contributed by atoms with E-state index in [0.717, 1.165) is 29.0 Å². The summed E-state index contributed by atoms with van der Waals surface area (Å²) in [6.07, 6.45) is 11.0. The van der Waals surface area contributed by atoms with Crippen LogP contribution >= 0.6 is 0 Å². The Bertz CT molecular complexity index is 804. The van der Waals surface area contributed by atoms with Gasteiger partial charge in [-0.25, -0.2) is 9.97 Å². The fourth-order valence-electron chi connectivity index (χ4n) is 7.05. The topological polar surface area (TPSA) is 84.4 Å². The Kier molecular flexibility index (Phi) is 5.25. The number of ether oxygens (including phenoxy) is 1. The summed E-state index contributed by atoms with van der Waals surface area (Å²) in [6, 6.07) is 0. The van der Waals surface area contributed by atoms with Gasteiger partial charge in [-0.05, 0) is 68.1 Å². The molecule has 0 atom stereocenters. The Balaban J connectivity index is 1.24. The van der Waals surface area contributed by atoms with Crippen LogP contribution in [0.4, 0.5) is 5.82 Å². The summed E-state index contributed by atoms with van der Waals surface area (Å²) in [5, 5.41) is 3.11. The van der Waals surface area contributed by atoms with Crippen LogP contribution in [-0.4, -0.2) is 46.9 Å².